The molecule has 0 aliphatic rings. The minimum absolute atomic E-state index is 0.000601. The minimum atomic E-state index is -0.453. The van der Waals surface area contributed by atoms with Gasteiger partial charge in [-0.1, -0.05) is 24.3 Å². The number of hydrogen-bond acceptors (Lipinski definition) is 4. The van der Waals surface area contributed by atoms with Crippen LogP contribution in [-0.2, 0) is 6.54 Å². The van der Waals surface area contributed by atoms with Crippen LogP contribution in [0.15, 0.2) is 47.1 Å². The van der Waals surface area contributed by atoms with Crippen molar-refractivity contribution in [2.45, 2.75) is 6.54 Å². The van der Waals surface area contributed by atoms with Gasteiger partial charge in [0.2, 0.25) is 0 Å². The standard InChI is InChI=1S/C14H12BrN3O3/c1-17(14(19)11-6-4-8-13(15)16-11)9-10-5-2-3-7-12(10)18(20)21/h2-8H,9H2,1H3. The van der Waals surface area contributed by atoms with Gasteiger partial charge in [-0.25, -0.2) is 4.98 Å². The summed E-state index contributed by atoms with van der Waals surface area (Å²) >= 11 is 3.21. The molecule has 0 saturated carbocycles. The monoisotopic (exact) mass is 349 g/mol. The summed E-state index contributed by atoms with van der Waals surface area (Å²) in [5.74, 6) is -0.297. The molecule has 1 heterocycles. The van der Waals surface area contributed by atoms with Gasteiger partial charge in [-0.15, -0.1) is 0 Å². The fourth-order valence-electron chi connectivity index (χ4n) is 1.87. The lowest BCUT2D eigenvalue weighted by atomic mass is 10.1. The second kappa shape index (κ2) is 6.45. The van der Waals surface area contributed by atoms with E-state index in [2.05, 4.69) is 20.9 Å². The zero-order chi connectivity index (χ0) is 15.4. The summed E-state index contributed by atoms with van der Waals surface area (Å²) < 4.78 is 0.562. The zero-order valence-corrected chi connectivity index (χ0v) is 12.8. The maximum Gasteiger partial charge on any atom is 0.274 e. The van der Waals surface area contributed by atoms with Crippen LogP contribution in [0.1, 0.15) is 16.1 Å². The summed E-state index contributed by atoms with van der Waals surface area (Å²) in [6.45, 7) is 0.143. The van der Waals surface area contributed by atoms with Gasteiger partial charge in [-0.05, 0) is 28.1 Å². The molecule has 0 spiro atoms. The van der Waals surface area contributed by atoms with E-state index in [9.17, 15) is 14.9 Å². The van der Waals surface area contributed by atoms with Crippen molar-refractivity contribution in [1.82, 2.24) is 9.88 Å². The Morgan fingerprint density at radius 2 is 2.00 bits per heavy atom. The number of nitro groups is 1. The number of aromatic nitrogens is 1. The van der Waals surface area contributed by atoms with Crippen LogP contribution in [0, 0.1) is 10.1 Å². The predicted octanol–water partition coefficient (Wildman–Crippen LogP) is 3.02. The van der Waals surface area contributed by atoms with Gasteiger partial charge in [0.05, 0.1) is 11.5 Å². The van der Waals surface area contributed by atoms with Gasteiger partial charge in [0.25, 0.3) is 11.6 Å². The molecular weight excluding hydrogens is 338 g/mol. The van der Waals surface area contributed by atoms with Gasteiger partial charge in [0.15, 0.2) is 0 Å². The molecule has 0 atom stereocenters. The first-order valence-corrected chi connectivity index (χ1v) is 6.88. The Bertz CT molecular complexity index is 691. The van der Waals surface area contributed by atoms with Crippen molar-refractivity contribution in [3.63, 3.8) is 0 Å². The van der Waals surface area contributed by atoms with Crippen molar-refractivity contribution in [2.75, 3.05) is 7.05 Å². The summed E-state index contributed by atoms with van der Waals surface area (Å²) in [6.07, 6.45) is 0. The summed E-state index contributed by atoms with van der Waals surface area (Å²) in [4.78, 5) is 28.3. The molecule has 0 aliphatic carbocycles. The van der Waals surface area contributed by atoms with Gasteiger partial charge in [-0.2, -0.15) is 0 Å². The van der Waals surface area contributed by atoms with E-state index in [4.69, 9.17) is 0 Å². The van der Waals surface area contributed by atoms with Crippen molar-refractivity contribution < 1.29 is 9.72 Å². The summed E-state index contributed by atoms with van der Waals surface area (Å²) in [7, 11) is 1.58. The Labute approximate surface area is 129 Å². The first-order chi connectivity index (χ1) is 9.99. The molecule has 0 fully saturated rings. The smallest absolute Gasteiger partial charge is 0.274 e. The van der Waals surface area contributed by atoms with Crippen LogP contribution in [0.25, 0.3) is 0 Å². The zero-order valence-electron chi connectivity index (χ0n) is 11.2. The van der Waals surface area contributed by atoms with Gasteiger partial charge in [0.1, 0.15) is 10.3 Å². The molecule has 0 bridgehead atoms. The molecule has 1 aromatic carbocycles. The molecule has 0 saturated heterocycles. The maximum atomic E-state index is 12.3. The largest absolute Gasteiger partial charge is 0.336 e. The van der Waals surface area contributed by atoms with Crippen LogP contribution in [0.4, 0.5) is 5.69 Å². The molecule has 0 unspecified atom stereocenters. The van der Waals surface area contributed by atoms with E-state index in [-0.39, 0.29) is 23.8 Å². The molecule has 7 heteroatoms. The molecule has 0 aliphatic heterocycles. The lowest BCUT2D eigenvalue weighted by Gasteiger charge is -2.16. The summed E-state index contributed by atoms with van der Waals surface area (Å²) in [5, 5.41) is 11.0. The van der Waals surface area contributed by atoms with Crippen molar-refractivity contribution >= 4 is 27.5 Å². The van der Waals surface area contributed by atoms with E-state index in [0.29, 0.717) is 10.2 Å². The van der Waals surface area contributed by atoms with Crippen molar-refractivity contribution in [3.05, 3.63) is 68.4 Å². The Kier molecular flexibility index (Phi) is 4.64. The van der Waals surface area contributed by atoms with E-state index in [1.54, 1.807) is 43.4 Å². The molecule has 108 valence electrons. The van der Waals surface area contributed by atoms with Crippen LogP contribution >= 0.6 is 15.9 Å². The van der Waals surface area contributed by atoms with Crippen LogP contribution in [0.5, 0.6) is 0 Å². The first kappa shape index (κ1) is 15.1. The number of nitrogens with zero attached hydrogens (tertiary/aromatic N) is 3. The third-order valence-electron chi connectivity index (χ3n) is 2.88. The highest BCUT2D eigenvalue weighted by atomic mass is 79.9. The first-order valence-electron chi connectivity index (χ1n) is 6.09. The number of nitro benzene ring substituents is 1. The van der Waals surface area contributed by atoms with Crippen molar-refractivity contribution in [3.8, 4) is 0 Å². The van der Waals surface area contributed by atoms with Crippen LogP contribution in [0.2, 0.25) is 0 Å². The normalized spacial score (nSPS) is 10.2. The molecule has 2 aromatic rings. The van der Waals surface area contributed by atoms with Crippen LogP contribution < -0.4 is 0 Å². The Morgan fingerprint density at radius 3 is 2.67 bits per heavy atom. The molecule has 1 amide bonds. The molecule has 1 aromatic heterocycles. The SMILES string of the molecule is CN(Cc1ccccc1[N+](=O)[O-])C(=O)c1cccc(Br)n1. The van der Waals surface area contributed by atoms with E-state index in [1.807, 2.05) is 0 Å². The minimum Gasteiger partial charge on any atom is -0.336 e. The number of para-hydroxylation sites is 1. The average molecular weight is 350 g/mol. The van der Waals surface area contributed by atoms with E-state index in [1.165, 1.54) is 11.0 Å². The highest BCUT2D eigenvalue weighted by Gasteiger charge is 2.18. The number of hydrogen-bond donors (Lipinski definition) is 0. The topological polar surface area (TPSA) is 76.3 Å². The molecule has 6 nitrogen and oxygen atoms in total. The van der Waals surface area contributed by atoms with Gasteiger partial charge in [-0.3, -0.25) is 14.9 Å². The summed E-state index contributed by atoms with van der Waals surface area (Å²) in [5.41, 5.74) is 0.762. The van der Waals surface area contributed by atoms with Gasteiger partial charge >= 0.3 is 0 Å². The van der Waals surface area contributed by atoms with E-state index < -0.39 is 4.92 Å². The number of amides is 1. The van der Waals surface area contributed by atoms with Gasteiger partial charge < -0.3 is 4.90 Å². The van der Waals surface area contributed by atoms with E-state index >= 15 is 0 Å². The second-order valence-electron chi connectivity index (χ2n) is 4.39. The highest BCUT2D eigenvalue weighted by molar-refractivity contribution is 9.10. The quantitative estimate of drug-likeness (QED) is 0.483. The fourth-order valence-corrected chi connectivity index (χ4v) is 2.22. The number of halogens is 1. The fraction of sp³-hybridized carbons (Fsp3) is 0.143. The molecule has 0 radical (unpaired) electrons. The third-order valence-corrected chi connectivity index (χ3v) is 3.32. The van der Waals surface area contributed by atoms with Crippen LogP contribution in [-0.4, -0.2) is 27.8 Å². The number of carbonyl (C=O) groups is 1. The highest BCUT2D eigenvalue weighted by Crippen LogP contribution is 2.19. The second-order valence-corrected chi connectivity index (χ2v) is 5.21. The number of rotatable bonds is 4. The Morgan fingerprint density at radius 1 is 1.29 bits per heavy atom. The van der Waals surface area contributed by atoms with E-state index in [0.717, 1.165) is 0 Å². The maximum absolute atomic E-state index is 12.3. The van der Waals surface area contributed by atoms with Crippen molar-refractivity contribution in [2.24, 2.45) is 0 Å². The summed E-state index contributed by atoms with van der Waals surface area (Å²) in [6, 6.07) is 11.4. The number of pyridine rings is 1. The number of carbonyl (C=O) groups excluding carboxylic acids is 1. The molecule has 0 N–H and O–H groups in total. The molecule has 21 heavy (non-hydrogen) atoms. The average Bonchev–Trinajstić information content (AvgIpc) is 2.46. The molecular formula is C14H12BrN3O3. The number of benzene rings is 1. The predicted molar refractivity (Wildman–Crippen MR) is 80.8 cm³/mol. The van der Waals surface area contributed by atoms with Crippen LogP contribution in [0.3, 0.4) is 0 Å². The van der Waals surface area contributed by atoms with Gasteiger partial charge in [0, 0.05) is 18.7 Å². The van der Waals surface area contributed by atoms with Crippen molar-refractivity contribution in [1.29, 1.82) is 0 Å². The Balaban J connectivity index is 2.20. The lowest BCUT2D eigenvalue weighted by molar-refractivity contribution is -0.385. The Hall–Kier alpha value is -2.28. The third kappa shape index (κ3) is 3.63. The lowest BCUT2D eigenvalue weighted by Crippen LogP contribution is -2.27. The molecule has 2 rings (SSSR count).